The number of aryl methyl sites for hydroxylation is 1. The van der Waals surface area contributed by atoms with E-state index in [0.717, 1.165) is 36.2 Å². The second-order valence-corrected chi connectivity index (χ2v) is 7.56. The molecule has 1 aliphatic heterocycles. The third-order valence-electron chi connectivity index (χ3n) is 5.72. The highest BCUT2D eigenvalue weighted by Gasteiger charge is 2.50. The maximum atomic E-state index is 12.8. The molecule has 0 bridgehead atoms. The molecule has 27 heavy (non-hydrogen) atoms. The van der Waals surface area contributed by atoms with Gasteiger partial charge < -0.3 is 5.32 Å². The van der Waals surface area contributed by atoms with Gasteiger partial charge >= 0.3 is 6.18 Å². The van der Waals surface area contributed by atoms with Crippen LogP contribution in [0.3, 0.4) is 0 Å². The molecular formula is C20H20F3N3O. The molecule has 1 aromatic heterocycles. The summed E-state index contributed by atoms with van der Waals surface area (Å²) in [5.74, 6) is 0.288. The van der Waals surface area contributed by atoms with Crippen LogP contribution in [0.4, 0.5) is 13.2 Å². The summed E-state index contributed by atoms with van der Waals surface area (Å²) in [4.78, 5) is 12.6. The van der Waals surface area contributed by atoms with E-state index < -0.39 is 11.7 Å². The highest BCUT2D eigenvalue weighted by atomic mass is 19.4. The van der Waals surface area contributed by atoms with Crippen LogP contribution in [0.2, 0.25) is 0 Å². The largest absolute Gasteiger partial charge is 0.416 e. The van der Waals surface area contributed by atoms with Gasteiger partial charge in [0.05, 0.1) is 16.8 Å². The first-order chi connectivity index (χ1) is 12.6. The van der Waals surface area contributed by atoms with Crippen molar-refractivity contribution in [2.75, 3.05) is 0 Å². The van der Waals surface area contributed by atoms with Gasteiger partial charge in [0, 0.05) is 11.3 Å². The molecule has 4 rings (SSSR count). The average Bonchev–Trinajstić information content (AvgIpc) is 3.35. The molecule has 1 unspecified atom stereocenters. The lowest BCUT2D eigenvalue weighted by molar-refractivity contribution is -0.137. The second kappa shape index (κ2) is 5.71. The first-order valence-electron chi connectivity index (χ1n) is 8.90. The van der Waals surface area contributed by atoms with Gasteiger partial charge in [-0.1, -0.05) is 12.1 Å². The van der Waals surface area contributed by atoms with Crippen LogP contribution in [0, 0.1) is 12.8 Å². The summed E-state index contributed by atoms with van der Waals surface area (Å²) in [5, 5.41) is 7.61. The fourth-order valence-corrected chi connectivity index (χ4v) is 3.80. The van der Waals surface area contributed by atoms with E-state index in [0.29, 0.717) is 22.9 Å². The van der Waals surface area contributed by atoms with Gasteiger partial charge in [0.1, 0.15) is 5.70 Å². The van der Waals surface area contributed by atoms with Gasteiger partial charge in [-0.25, -0.2) is 4.68 Å². The molecule has 7 heteroatoms. The maximum Gasteiger partial charge on any atom is 0.416 e. The van der Waals surface area contributed by atoms with Crippen LogP contribution in [-0.4, -0.2) is 21.2 Å². The van der Waals surface area contributed by atoms with Crippen molar-refractivity contribution >= 4 is 11.6 Å². The average molecular weight is 375 g/mol. The molecule has 1 N–H and O–H groups in total. The quantitative estimate of drug-likeness (QED) is 0.864. The number of rotatable bonds is 3. The van der Waals surface area contributed by atoms with Crippen molar-refractivity contribution in [2.45, 2.75) is 45.3 Å². The minimum atomic E-state index is -4.37. The van der Waals surface area contributed by atoms with E-state index in [-0.39, 0.29) is 11.4 Å². The number of nitrogens with one attached hydrogen (secondary N) is 1. The van der Waals surface area contributed by atoms with Crippen LogP contribution in [0.1, 0.15) is 37.9 Å². The van der Waals surface area contributed by atoms with Gasteiger partial charge in [0.25, 0.3) is 5.91 Å². The van der Waals surface area contributed by atoms with Crippen molar-refractivity contribution in [3.8, 4) is 11.3 Å². The molecule has 0 saturated heterocycles. The number of halogens is 3. The zero-order chi connectivity index (χ0) is 19.6. The number of carbonyl (C=O) groups is 1. The lowest BCUT2D eigenvalue weighted by atomic mass is 9.89. The number of hydrogen-bond donors (Lipinski definition) is 1. The third-order valence-corrected chi connectivity index (χ3v) is 5.72. The normalized spacial score (nSPS) is 23.1. The molecule has 2 heterocycles. The fourth-order valence-electron chi connectivity index (χ4n) is 3.80. The summed E-state index contributed by atoms with van der Waals surface area (Å²) in [7, 11) is 0. The molecule has 142 valence electrons. The summed E-state index contributed by atoms with van der Waals surface area (Å²) < 4.78 is 39.9. The Bertz CT molecular complexity index is 952. The molecule has 2 aliphatic rings. The smallest absolute Gasteiger partial charge is 0.341 e. The molecule has 1 aromatic carbocycles. The minimum absolute atomic E-state index is 0.160. The summed E-state index contributed by atoms with van der Waals surface area (Å²) in [6.45, 7) is 5.83. The van der Waals surface area contributed by atoms with Gasteiger partial charge in [-0.15, -0.1) is 0 Å². The highest BCUT2D eigenvalue weighted by molar-refractivity contribution is 6.18. The minimum Gasteiger partial charge on any atom is -0.341 e. The molecule has 4 nitrogen and oxygen atoms in total. The highest BCUT2D eigenvalue weighted by Crippen LogP contribution is 2.47. The van der Waals surface area contributed by atoms with Crippen LogP contribution >= 0.6 is 0 Å². The van der Waals surface area contributed by atoms with Crippen LogP contribution < -0.4 is 5.32 Å². The Morgan fingerprint density at radius 2 is 1.81 bits per heavy atom. The number of alkyl halides is 3. The van der Waals surface area contributed by atoms with Crippen molar-refractivity contribution in [3.63, 3.8) is 0 Å². The molecule has 1 atom stereocenters. The van der Waals surface area contributed by atoms with Gasteiger partial charge in [0.15, 0.2) is 0 Å². The third kappa shape index (κ3) is 2.85. The molecule has 1 amide bonds. The van der Waals surface area contributed by atoms with Crippen molar-refractivity contribution in [1.29, 1.82) is 0 Å². The summed E-state index contributed by atoms with van der Waals surface area (Å²) in [6.07, 6.45) is -2.18. The van der Waals surface area contributed by atoms with Crippen molar-refractivity contribution < 1.29 is 18.0 Å². The fraction of sp³-hybridized carbons (Fsp3) is 0.400. The molecule has 0 spiro atoms. The van der Waals surface area contributed by atoms with E-state index in [1.807, 2.05) is 20.8 Å². The molecule has 2 aromatic rings. The number of nitrogens with zero attached hydrogens (tertiary/aromatic N) is 2. The van der Waals surface area contributed by atoms with Crippen LogP contribution in [0.15, 0.2) is 35.9 Å². The molecule has 1 fully saturated rings. The van der Waals surface area contributed by atoms with Gasteiger partial charge in [0.2, 0.25) is 0 Å². The second-order valence-electron chi connectivity index (χ2n) is 7.56. The van der Waals surface area contributed by atoms with E-state index in [1.54, 1.807) is 10.7 Å². The number of carbonyl (C=O) groups excluding carboxylic acids is 1. The number of hydrogen-bond acceptors (Lipinski definition) is 2. The Morgan fingerprint density at radius 1 is 1.19 bits per heavy atom. The predicted octanol–water partition coefficient (Wildman–Crippen LogP) is 4.41. The molecule has 1 aliphatic carbocycles. The number of amides is 1. The zero-order valence-corrected chi connectivity index (χ0v) is 15.3. The predicted molar refractivity (Wildman–Crippen MR) is 95.6 cm³/mol. The van der Waals surface area contributed by atoms with Crippen molar-refractivity contribution in [2.24, 2.45) is 5.92 Å². The van der Waals surface area contributed by atoms with Crippen molar-refractivity contribution in [1.82, 2.24) is 15.1 Å². The Labute approximate surface area is 155 Å². The zero-order valence-electron chi connectivity index (χ0n) is 15.3. The Morgan fingerprint density at radius 3 is 2.37 bits per heavy atom. The van der Waals surface area contributed by atoms with E-state index >= 15 is 0 Å². The molecule has 0 radical (unpaired) electrons. The van der Waals surface area contributed by atoms with Crippen molar-refractivity contribution in [3.05, 3.63) is 47.2 Å². The molecule has 1 saturated carbocycles. The molecular weight excluding hydrogens is 355 g/mol. The number of aromatic nitrogens is 2. The lowest BCUT2D eigenvalue weighted by Crippen LogP contribution is -2.43. The van der Waals surface area contributed by atoms with Gasteiger partial charge in [-0.05, 0) is 63.3 Å². The van der Waals surface area contributed by atoms with Gasteiger partial charge in [-0.3, -0.25) is 4.79 Å². The van der Waals surface area contributed by atoms with Crippen LogP contribution in [-0.2, 0) is 11.0 Å². The van der Waals surface area contributed by atoms with E-state index in [4.69, 9.17) is 0 Å². The monoisotopic (exact) mass is 375 g/mol. The first kappa shape index (κ1) is 17.8. The van der Waals surface area contributed by atoms with Crippen LogP contribution in [0.5, 0.6) is 0 Å². The summed E-state index contributed by atoms with van der Waals surface area (Å²) in [5.41, 5.74) is 2.30. The Balaban J connectivity index is 1.72. The number of benzene rings is 1. The standard InChI is InChI=1S/C20H20F3N3O/c1-11-10-16(13-4-6-15(7-5-13)20(21,22)23)25-26(11)17-12(2)19(3,14-8-9-14)24-18(17)27/h4-7,10,14H,8-9H2,1-3H3,(H,24,27). The van der Waals surface area contributed by atoms with E-state index in [9.17, 15) is 18.0 Å². The SMILES string of the molecule is CC1=C(n2nc(-c3ccc(C(F)(F)F)cc3)cc2C)C(=O)NC1(C)C1CC1. The van der Waals surface area contributed by atoms with Gasteiger partial charge in [-0.2, -0.15) is 18.3 Å². The first-order valence-corrected chi connectivity index (χ1v) is 8.90. The van der Waals surface area contributed by atoms with Crippen LogP contribution in [0.25, 0.3) is 17.0 Å². The maximum absolute atomic E-state index is 12.8. The Kier molecular flexibility index (Phi) is 3.77. The topological polar surface area (TPSA) is 46.9 Å². The van der Waals surface area contributed by atoms with E-state index in [1.165, 1.54) is 12.1 Å². The lowest BCUT2D eigenvalue weighted by Gasteiger charge is -2.25. The van der Waals surface area contributed by atoms with E-state index in [2.05, 4.69) is 10.4 Å². The summed E-state index contributed by atoms with van der Waals surface area (Å²) in [6, 6.07) is 6.67. The Hall–Kier alpha value is -2.57. The summed E-state index contributed by atoms with van der Waals surface area (Å²) >= 11 is 0.